The van der Waals surface area contributed by atoms with Gasteiger partial charge in [-0.25, -0.2) is 0 Å². The number of hydrogen-bond donors (Lipinski definition) is 2. The number of aliphatic hydroxyl groups excluding tert-OH is 1. The van der Waals surface area contributed by atoms with Crippen LogP contribution in [0.3, 0.4) is 0 Å². The molecule has 0 saturated carbocycles. The Kier molecular flexibility index (Phi) is 5.28. The lowest BCUT2D eigenvalue weighted by Gasteiger charge is -2.07. The highest BCUT2D eigenvalue weighted by Crippen LogP contribution is 2.27. The van der Waals surface area contributed by atoms with Gasteiger partial charge in [-0.05, 0) is 40.5 Å². The molecular weight excluding hydrogens is 274 g/mol. The van der Waals surface area contributed by atoms with E-state index in [1.54, 1.807) is 25.3 Å². The lowest BCUT2D eigenvalue weighted by atomic mass is 10.2. The molecule has 16 heavy (non-hydrogen) atoms. The first-order chi connectivity index (χ1) is 7.67. The standard InChI is InChI=1S/C11H14BrNO3/c1-16-10-5-4-8(7-9(10)12)13-11(15)3-2-6-14/h4-5,7,14H,2-3,6H2,1H3,(H,13,15). The average molecular weight is 288 g/mol. The fourth-order valence-electron chi connectivity index (χ4n) is 1.21. The number of hydrogen-bond acceptors (Lipinski definition) is 3. The van der Waals surface area contributed by atoms with E-state index in [2.05, 4.69) is 21.2 Å². The maximum absolute atomic E-state index is 11.4. The van der Waals surface area contributed by atoms with Gasteiger partial charge in [-0.1, -0.05) is 0 Å². The molecule has 0 aliphatic heterocycles. The third kappa shape index (κ3) is 3.83. The predicted octanol–water partition coefficient (Wildman–Crippen LogP) is 2.17. The highest BCUT2D eigenvalue weighted by Gasteiger charge is 2.04. The second kappa shape index (κ2) is 6.50. The van der Waals surface area contributed by atoms with Gasteiger partial charge in [0, 0.05) is 18.7 Å². The molecule has 0 saturated heterocycles. The first-order valence-electron chi connectivity index (χ1n) is 4.91. The number of carbonyl (C=O) groups is 1. The lowest BCUT2D eigenvalue weighted by Crippen LogP contribution is -2.11. The summed E-state index contributed by atoms with van der Waals surface area (Å²) in [5.41, 5.74) is 0.704. The van der Waals surface area contributed by atoms with Gasteiger partial charge in [0.25, 0.3) is 0 Å². The first kappa shape index (κ1) is 13.0. The summed E-state index contributed by atoms with van der Waals surface area (Å²) in [7, 11) is 1.58. The van der Waals surface area contributed by atoms with Crippen molar-refractivity contribution in [1.82, 2.24) is 0 Å². The SMILES string of the molecule is COc1ccc(NC(=O)CCCO)cc1Br. The zero-order valence-electron chi connectivity index (χ0n) is 9.00. The normalized spacial score (nSPS) is 9.94. The van der Waals surface area contributed by atoms with E-state index in [0.29, 0.717) is 24.3 Å². The van der Waals surface area contributed by atoms with E-state index in [4.69, 9.17) is 9.84 Å². The van der Waals surface area contributed by atoms with Crippen molar-refractivity contribution >= 4 is 27.5 Å². The largest absolute Gasteiger partial charge is 0.496 e. The molecule has 1 rings (SSSR count). The number of ether oxygens (including phenoxy) is 1. The van der Waals surface area contributed by atoms with Gasteiger partial charge in [-0.3, -0.25) is 4.79 Å². The molecule has 5 heteroatoms. The van der Waals surface area contributed by atoms with Crippen molar-refractivity contribution in [2.24, 2.45) is 0 Å². The van der Waals surface area contributed by atoms with Crippen LogP contribution in [0.15, 0.2) is 22.7 Å². The minimum atomic E-state index is -0.105. The maximum atomic E-state index is 11.4. The number of halogens is 1. The molecule has 1 aromatic rings. The highest BCUT2D eigenvalue weighted by molar-refractivity contribution is 9.10. The summed E-state index contributed by atoms with van der Waals surface area (Å²) in [6, 6.07) is 5.31. The third-order valence-corrected chi connectivity index (χ3v) is 2.62. The fourth-order valence-corrected chi connectivity index (χ4v) is 1.75. The van der Waals surface area contributed by atoms with Gasteiger partial charge in [0.15, 0.2) is 0 Å². The Morgan fingerprint density at radius 1 is 1.56 bits per heavy atom. The van der Waals surface area contributed by atoms with E-state index in [0.717, 1.165) is 4.47 Å². The van der Waals surface area contributed by atoms with Crippen molar-refractivity contribution in [3.05, 3.63) is 22.7 Å². The zero-order valence-corrected chi connectivity index (χ0v) is 10.6. The Labute approximate surface area is 103 Å². The molecule has 0 aliphatic carbocycles. The van der Waals surface area contributed by atoms with E-state index >= 15 is 0 Å². The van der Waals surface area contributed by atoms with Crippen LogP contribution in [0.2, 0.25) is 0 Å². The Balaban J connectivity index is 2.61. The molecule has 0 aliphatic rings. The summed E-state index contributed by atoms with van der Waals surface area (Å²) in [6.07, 6.45) is 0.795. The summed E-state index contributed by atoms with van der Waals surface area (Å²) < 4.78 is 5.86. The van der Waals surface area contributed by atoms with Gasteiger partial charge < -0.3 is 15.2 Å². The van der Waals surface area contributed by atoms with E-state index in [-0.39, 0.29) is 12.5 Å². The van der Waals surface area contributed by atoms with Crippen molar-refractivity contribution < 1.29 is 14.6 Å². The second-order valence-electron chi connectivity index (χ2n) is 3.22. The number of rotatable bonds is 5. The molecule has 0 aromatic heterocycles. The van der Waals surface area contributed by atoms with E-state index < -0.39 is 0 Å². The molecule has 0 radical (unpaired) electrons. The number of anilines is 1. The van der Waals surface area contributed by atoms with Gasteiger partial charge in [0.2, 0.25) is 5.91 Å². The average Bonchev–Trinajstić information content (AvgIpc) is 2.26. The van der Waals surface area contributed by atoms with Crippen LogP contribution in [0.1, 0.15) is 12.8 Å². The Hall–Kier alpha value is -1.07. The van der Waals surface area contributed by atoms with Crippen LogP contribution in [0.25, 0.3) is 0 Å². The van der Waals surface area contributed by atoms with Gasteiger partial charge in [-0.2, -0.15) is 0 Å². The molecule has 88 valence electrons. The molecule has 0 bridgehead atoms. The minimum Gasteiger partial charge on any atom is -0.496 e. The number of amides is 1. The molecule has 0 spiro atoms. The fraction of sp³-hybridized carbons (Fsp3) is 0.364. The molecule has 1 amide bonds. The van der Waals surface area contributed by atoms with Crippen LogP contribution in [0, 0.1) is 0 Å². The van der Waals surface area contributed by atoms with Crippen molar-refractivity contribution in [1.29, 1.82) is 0 Å². The summed E-state index contributed by atoms with van der Waals surface area (Å²) in [5.74, 6) is 0.611. The Bertz CT molecular complexity index is 368. The molecule has 0 unspecified atom stereocenters. The molecule has 1 aromatic carbocycles. The first-order valence-corrected chi connectivity index (χ1v) is 5.71. The van der Waals surface area contributed by atoms with Crippen LogP contribution in [0.4, 0.5) is 5.69 Å². The maximum Gasteiger partial charge on any atom is 0.224 e. The molecule has 2 N–H and O–H groups in total. The number of carbonyl (C=O) groups excluding carboxylic acids is 1. The zero-order chi connectivity index (χ0) is 12.0. The van der Waals surface area contributed by atoms with Gasteiger partial charge in [0.05, 0.1) is 11.6 Å². The van der Waals surface area contributed by atoms with Crippen LogP contribution in [-0.4, -0.2) is 24.7 Å². The number of benzene rings is 1. The second-order valence-corrected chi connectivity index (χ2v) is 4.08. The van der Waals surface area contributed by atoms with Crippen molar-refractivity contribution in [2.45, 2.75) is 12.8 Å². The van der Waals surface area contributed by atoms with Crippen molar-refractivity contribution in [3.8, 4) is 5.75 Å². The quantitative estimate of drug-likeness (QED) is 0.873. The van der Waals surface area contributed by atoms with Gasteiger partial charge in [-0.15, -0.1) is 0 Å². The van der Waals surface area contributed by atoms with Crippen LogP contribution >= 0.6 is 15.9 Å². The summed E-state index contributed by atoms with van der Waals surface area (Å²) in [4.78, 5) is 11.4. The summed E-state index contributed by atoms with van der Waals surface area (Å²) in [6.45, 7) is 0.0275. The van der Waals surface area contributed by atoms with Gasteiger partial charge in [0.1, 0.15) is 5.75 Å². The Morgan fingerprint density at radius 2 is 2.31 bits per heavy atom. The monoisotopic (exact) mass is 287 g/mol. The number of nitrogens with one attached hydrogen (secondary N) is 1. The van der Waals surface area contributed by atoms with E-state index in [1.165, 1.54) is 0 Å². The smallest absolute Gasteiger partial charge is 0.224 e. The van der Waals surface area contributed by atoms with Crippen LogP contribution in [0.5, 0.6) is 5.75 Å². The molecule has 0 heterocycles. The van der Waals surface area contributed by atoms with Crippen molar-refractivity contribution in [3.63, 3.8) is 0 Å². The van der Waals surface area contributed by atoms with Crippen LogP contribution < -0.4 is 10.1 Å². The number of methoxy groups -OCH3 is 1. The van der Waals surface area contributed by atoms with E-state index in [1.807, 2.05) is 0 Å². The van der Waals surface area contributed by atoms with Crippen molar-refractivity contribution in [2.75, 3.05) is 19.0 Å². The molecular formula is C11H14BrNO3. The predicted molar refractivity (Wildman–Crippen MR) is 65.6 cm³/mol. The summed E-state index contributed by atoms with van der Waals surface area (Å²) in [5, 5.41) is 11.3. The van der Waals surface area contributed by atoms with Crippen LogP contribution in [-0.2, 0) is 4.79 Å². The van der Waals surface area contributed by atoms with Gasteiger partial charge >= 0.3 is 0 Å². The van der Waals surface area contributed by atoms with E-state index in [9.17, 15) is 4.79 Å². The third-order valence-electron chi connectivity index (χ3n) is 2.00. The molecule has 4 nitrogen and oxygen atoms in total. The minimum absolute atomic E-state index is 0.0275. The number of aliphatic hydroxyl groups is 1. The lowest BCUT2D eigenvalue weighted by molar-refractivity contribution is -0.116. The highest BCUT2D eigenvalue weighted by atomic mass is 79.9. The topological polar surface area (TPSA) is 58.6 Å². The Morgan fingerprint density at radius 3 is 2.88 bits per heavy atom. The molecule has 0 atom stereocenters. The molecule has 0 fully saturated rings. The summed E-state index contributed by atoms with van der Waals surface area (Å²) >= 11 is 3.33.